The molecule has 0 radical (unpaired) electrons. The van der Waals surface area contributed by atoms with Gasteiger partial charge in [0.15, 0.2) is 0 Å². The fourth-order valence-electron chi connectivity index (χ4n) is 1.15. The minimum atomic E-state index is -3.03. The quantitative estimate of drug-likeness (QED) is 0.739. The highest BCUT2D eigenvalue weighted by Crippen LogP contribution is 2.07. The van der Waals surface area contributed by atoms with Crippen LogP contribution in [0.2, 0.25) is 0 Å². The van der Waals surface area contributed by atoms with E-state index >= 15 is 0 Å². The second kappa shape index (κ2) is 6.31. The molecule has 0 aromatic heterocycles. The molecule has 0 aromatic carbocycles. The maximum atomic E-state index is 12.1. The molecule has 0 spiro atoms. The van der Waals surface area contributed by atoms with Gasteiger partial charge in [0.2, 0.25) is 0 Å². The number of aliphatic carboxylic acids is 1. The van der Waals surface area contributed by atoms with Crippen LogP contribution in [0.3, 0.4) is 0 Å². The van der Waals surface area contributed by atoms with E-state index in [1.54, 1.807) is 13.8 Å². The Morgan fingerprint density at radius 3 is 2.20 bits per heavy atom. The predicted octanol–water partition coefficient (Wildman–Crippen LogP) is 1.35. The van der Waals surface area contributed by atoms with Gasteiger partial charge in [-0.3, -0.25) is 9.59 Å². The van der Waals surface area contributed by atoms with Gasteiger partial charge in [-0.2, -0.15) is 8.78 Å². The number of halogens is 2. The number of carboxylic acids is 1. The number of hydrogen-bond acceptors (Lipinski definition) is 2. The molecule has 0 atom stereocenters. The standard InChI is InChI=1S/C9H15F2NO3/c1-6(2)12(9(15)8(10)11)5-3-4-7(13)14/h6,8H,3-5H2,1-2H3,(H,13,14). The van der Waals surface area contributed by atoms with Gasteiger partial charge in [-0.1, -0.05) is 0 Å². The van der Waals surface area contributed by atoms with Crippen LogP contribution in [0.1, 0.15) is 26.7 Å². The number of hydrogen-bond donors (Lipinski definition) is 1. The first kappa shape index (κ1) is 13.8. The van der Waals surface area contributed by atoms with Crippen LogP contribution in [-0.4, -0.2) is 40.9 Å². The first-order valence-electron chi connectivity index (χ1n) is 4.66. The molecule has 1 amide bonds. The molecule has 0 saturated heterocycles. The van der Waals surface area contributed by atoms with E-state index in [2.05, 4.69) is 0 Å². The SMILES string of the molecule is CC(C)N(CCCC(=O)O)C(=O)C(F)F. The lowest BCUT2D eigenvalue weighted by molar-refractivity contribution is -0.145. The van der Waals surface area contributed by atoms with Gasteiger partial charge in [0, 0.05) is 19.0 Å². The van der Waals surface area contributed by atoms with Crippen molar-refractivity contribution in [2.45, 2.75) is 39.2 Å². The van der Waals surface area contributed by atoms with Crippen molar-refractivity contribution in [3.8, 4) is 0 Å². The van der Waals surface area contributed by atoms with E-state index in [4.69, 9.17) is 5.11 Å². The highest BCUT2D eigenvalue weighted by Gasteiger charge is 2.24. The summed E-state index contributed by atoms with van der Waals surface area (Å²) in [6.45, 7) is 3.27. The van der Waals surface area contributed by atoms with E-state index in [-0.39, 0.29) is 25.4 Å². The fraction of sp³-hybridized carbons (Fsp3) is 0.778. The number of carboxylic acid groups (broad SMARTS) is 1. The van der Waals surface area contributed by atoms with Gasteiger partial charge in [0.05, 0.1) is 0 Å². The topological polar surface area (TPSA) is 57.6 Å². The molecule has 88 valence electrons. The van der Waals surface area contributed by atoms with Gasteiger partial charge in [0.1, 0.15) is 0 Å². The Morgan fingerprint density at radius 2 is 1.87 bits per heavy atom. The fourth-order valence-corrected chi connectivity index (χ4v) is 1.15. The lowest BCUT2D eigenvalue weighted by Gasteiger charge is -2.26. The van der Waals surface area contributed by atoms with Crippen LogP contribution in [0, 0.1) is 0 Å². The minimum Gasteiger partial charge on any atom is -0.481 e. The zero-order valence-electron chi connectivity index (χ0n) is 8.74. The van der Waals surface area contributed by atoms with Crippen LogP contribution < -0.4 is 0 Å². The zero-order chi connectivity index (χ0) is 12.0. The first-order chi connectivity index (χ1) is 6.86. The Balaban J connectivity index is 4.17. The van der Waals surface area contributed by atoms with Crippen molar-refractivity contribution >= 4 is 11.9 Å². The third-order valence-electron chi connectivity index (χ3n) is 1.88. The maximum absolute atomic E-state index is 12.1. The Bertz CT molecular complexity index is 231. The van der Waals surface area contributed by atoms with Crippen LogP contribution in [0.25, 0.3) is 0 Å². The molecule has 0 rings (SSSR count). The molecule has 0 unspecified atom stereocenters. The van der Waals surface area contributed by atoms with E-state index in [1.807, 2.05) is 0 Å². The normalized spacial score (nSPS) is 10.8. The van der Waals surface area contributed by atoms with Crippen molar-refractivity contribution in [1.29, 1.82) is 0 Å². The summed E-state index contributed by atoms with van der Waals surface area (Å²) in [7, 11) is 0. The molecule has 0 aliphatic heterocycles. The maximum Gasteiger partial charge on any atom is 0.315 e. The molecule has 4 nitrogen and oxygen atoms in total. The van der Waals surface area contributed by atoms with Crippen LogP contribution in [0.5, 0.6) is 0 Å². The van der Waals surface area contributed by atoms with Crippen LogP contribution in [0.15, 0.2) is 0 Å². The van der Waals surface area contributed by atoms with Gasteiger partial charge in [-0.05, 0) is 20.3 Å². The van der Waals surface area contributed by atoms with Crippen molar-refractivity contribution in [2.75, 3.05) is 6.54 Å². The number of alkyl halides is 2. The van der Waals surface area contributed by atoms with Gasteiger partial charge < -0.3 is 10.0 Å². The molecule has 0 aliphatic rings. The summed E-state index contributed by atoms with van der Waals surface area (Å²) < 4.78 is 24.2. The van der Waals surface area contributed by atoms with Gasteiger partial charge in [0.25, 0.3) is 5.91 Å². The molecule has 0 heterocycles. The minimum absolute atomic E-state index is 0.0488. The third kappa shape index (κ3) is 5.29. The van der Waals surface area contributed by atoms with Crippen molar-refractivity contribution < 1.29 is 23.5 Å². The van der Waals surface area contributed by atoms with Crippen molar-refractivity contribution in [2.24, 2.45) is 0 Å². The van der Waals surface area contributed by atoms with Crippen molar-refractivity contribution in [1.82, 2.24) is 4.90 Å². The molecule has 0 bridgehead atoms. The molecule has 0 saturated carbocycles. The van der Waals surface area contributed by atoms with Gasteiger partial charge in [-0.25, -0.2) is 0 Å². The van der Waals surface area contributed by atoms with E-state index in [0.717, 1.165) is 4.90 Å². The number of carbonyl (C=O) groups is 2. The van der Waals surface area contributed by atoms with E-state index in [1.165, 1.54) is 0 Å². The van der Waals surface area contributed by atoms with Crippen molar-refractivity contribution in [3.05, 3.63) is 0 Å². The van der Waals surface area contributed by atoms with E-state index in [0.29, 0.717) is 0 Å². The molecule has 0 fully saturated rings. The summed E-state index contributed by atoms with van der Waals surface area (Å²) in [4.78, 5) is 22.2. The summed E-state index contributed by atoms with van der Waals surface area (Å²) in [5.41, 5.74) is 0. The van der Waals surface area contributed by atoms with Crippen LogP contribution in [-0.2, 0) is 9.59 Å². The van der Waals surface area contributed by atoms with Crippen molar-refractivity contribution in [3.63, 3.8) is 0 Å². The molecular weight excluding hydrogens is 208 g/mol. The number of carbonyl (C=O) groups excluding carboxylic acids is 1. The summed E-state index contributed by atoms with van der Waals surface area (Å²) in [6.07, 6.45) is -2.97. The first-order valence-corrected chi connectivity index (χ1v) is 4.66. The predicted molar refractivity (Wildman–Crippen MR) is 49.7 cm³/mol. The Kier molecular flexibility index (Phi) is 5.81. The third-order valence-corrected chi connectivity index (χ3v) is 1.88. The smallest absolute Gasteiger partial charge is 0.315 e. The Labute approximate surface area is 86.9 Å². The van der Waals surface area contributed by atoms with Gasteiger partial charge in [-0.15, -0.1) is 0 Å². The molecule has 6 heteroatoms. The molecular formula is C9H15F2NO3. The Hall–Kier alpha value is -1.20. The zero-order valence-corrected chi connectivity index (χ0v) is 8.74. The van der Waals surface area contributed by atoms with Gasteiger partial charge >= 0.3 is 12.4 Å². The molecule has 0 aromatic rings. The van der Waals surface area contributed by atoms with E-state index < -0.39 is 18.3 Å². The average molecular weight is 223 g/mol. The monoisotopic (exact) mass is 223 g/mol. The molecule has 0 aliphatic carbocycles. The second-order valence-corrected chi connectivity index (χ2v) is 3.42. The summed E-state index contributed by atoms with van der Waals surface area (Å²) in [5.74, 6) is -2.24. The van der Waals surface area contributed by atoms with Crippen LogP contribution in [0.4, 0.5) is 8.78 Å². The molecule has 15 heavy (non-hydrogen) atoms. The second-order valence-electron chi connectivity index (χ2n) is 3.42. The highest BCUT2D eigenvalue weighted by atomic mass is 19.3. The largest absolute Gasteiger partial charge is 0.481 e. The summed E-state index contributed by atoms with van der Waals surface area (Å²) >= 11 is 0. The summed E-state index contributed by atoms with van der Waals surface area (Å²) in [5, 5.41) is 8.36. The average Bonchev–Trinajstić information content (AvgIpc) is 2.10. The highest BCUT2D eigenvalue weighted by molar-refractivity contribution is 5.79. The lowest BCUT2D eigenvalue weighted by atomic mass is 10.2. The number of nitrogens with zero attached hydrogens (tertiary/aromatic N) is 1. The number of rotatable bonds is 6. The molecule has 1 N–H and O–H groups in total. The Morgan fingerprint density at radius 1 is 1.33 bits per heavy atom. The summed E-state index contributed by atoms with van der Waals surface area (Å²) in [6, 6.07) is -0.347. The van der Waals surface area contributed by atoms with E-state index in [9.17, 15) is 18.4 Å². The lowest BCUT2D eigenvalue weighted by Crippen LogP contribution is -2.41. The van der Waals surface area contributed by atoms with Crippen LogP contribution >= 0.6 is 0 Å². The number of amides is 1.